The van der Waals surface area contributed by atoms with Crippen molar-refractivity contribution < 1.29 is 14.4 Å². The van der Waals surface area contributed by atoms with Gasteiger partial charge in [-0.15, -0.1) is 0 Å². The molecule has 126 valence electrons. The lowest BCUT2D eigenvalue weighted by molar-refractivity contribution is -0.117. The number of carbonyl (C=O) groups is 3. The Morgan fingerprint density at radius 1 is 0.857 bits per heavy atom. The zero-order chi connectivity index (χ0) is 16.9. The predicted molar refractivity (Wildman–Crippen MR) is 89.4 cm³/mol. The Morgan fingerprint density at radius 2 is 1.33 bits per heavy atom. The Morgan fingerprint density at radius 3 is 1.71 bits per heavy atom. The maximum Gasteiger partial charge on any atom is 0.207 e. The van der Waals surface area contributed by atoms with Crippen molar-refractivity contribution in [1.82, 2.24) is 5.32 Å². The van der Waals surface area contributed by atoms with Crippen LogP contribution < -0.4 is 5.32 Å². The Kier molecular flexibility index (Phi) is 28.2. The highest BCUT2D eigenvalue weighted by molar-refractivity contribution is 5.75. The third kappa shape index (κ3) is 38.1. The lowest BCUT2D eigenvalue weighted by Gasteiger charge is -1.97. The van der Waals surface area contributed by atoms with Crippen LogP contribution in [0.2, 0.25) is 0 Å². The lowest BCUT2D eigenvalue weighted by atomic mass is 10.1. The molecule has 0 aliphatic heterocycles. The van der Waals surface area contributed by atoms with Crippen molar-refractivity contribution in [3.63, 3.8) is 0 Å². The summed E-state index contributed by atoms with van der Waals surface area (Å²) in [4.78, 5) is 30.6. The lowest BCUT2D eigenvalue weighted by Crippen LogP contribution is -2.11. The fourth-order valence-corrected chi connectivity index (χ4v) is 1.46. The van der Waals surface area contributed by atoms with Crippen molar-refractivity contribution in [1.29, 1.82) is 0 Å². The summed E-state index contributed by atoms with van der Waals surface area (Å²) in [7, 11) is 0. The summed E-state index contributed by atoms with van der Waals surface area (Å²) >= 11 is 0. The van der Waals surface area contributed by atoms with Gasteiger partial charge in [0, 0.05) is 19.4 Å². The van der Waals surface area contributed by atoms with Crippen molar-refractivity contribution in [2.24, 2.45) is 0 Å². The Bertz CT molecular complexity index is 240. The average molecular weight is 301 g/mol. The van der Waals surface area contributed by atoms with Crippen LogP contribution in [0.25, 0.3) is 0 Å². The van der Waals surface area contributed by atoms with E-state index in [1.54, 1.807) is 13.8 Å². The third-order valence-electron chi connectivity index (χ3n) is 2.57. The van der Waals surface area contributed by atoms with Crippen LogP contribution in [0.4, 0.5) is 0 Å². The third-order valence-corrected chi connectivity index (χ3v) is 2.57. The molecule has 0 aromatic carbocycles. The molecule has 1 N–H and O–H groups in total. The molecule has 0 aliphatic carbocycles. The monoisotopic (exact) mass is 301 g/mol. The first-order chi connectivity index (χ1) is 10.0. The van der Waals surface area contributed by atoms with Gasteiger partial charge in [-0.05, 0) is 33.1 Å². The molecule has 0 aliphatic rings. The van der Waals surface area contributed by atoms with Gasteiger partial charge in [-0.25, -0.2) is 0 Å². The number of rotatable bonds is 11. The van der Waals surface area contributed by atoms with Gasteiger partial charge in [-0.1, -0.05) is 40.0 Å². The molecule has 0 fully saturated rings. The zero-order valence-corrected chi connectivity index (χ0v) is 14.7. The van der Waals surface area contributed by atoms with E-state index in [0.29, 0.717) is 18.6 Å². The first-order valence-corrected chi connectivity index (χ1v) is 8.20. The molecule has 4 nitrogen and oxygen atoms in total. The minimum Gasteiger partial charge on any atom is -0.359 e. The highest BCUT2D eigenvalue weighted by Crippen LogP contribution is 1.99. The number of ketones is 2. The molecule has 0 atom stereocenters. The summed E-state index contributed by atoms with van der Waals surface area (Å²) in [6.07, 6.45) is 8.53. The van der Waals surface area contributed by atoms with Crippen LogP contribution in [0.5, 0.6) is 0 Å². The van der Waals surface area contributed by atoms with E-state index in [4.69, 9.17) is 0 Å². The van der Waals surface area contributed by atoms with E-state index in [-0.39, 0.29) is 5.78 Å². The molecule has 0 saturated carbocycles. The number of nitrogens with one attached hydrogen (secondary N) is 1. The number of hydrogen-bond donors (Lipinski definition) is 1. The molecule has 0 heterocycles. The van der Waals surface area contributed by atoms with Crippen molar-refractivity contribution in [3.05, 3.63) is 0 Å². The molecule has 0 saturated heterocycles. The normalized spacial score (nSPS) is 8.62. The SMILES string of the molecule is CC.CC(=O)CCCCCNC=O.CCCCCC(C)=O. The molecular formula is C17H35NO3. The van der Waals surface area contributed by atoms with Crippen LogP contribution in [-0.4, -0.2) is 24.5 Å². The first-order valence-electron chi connectivity index (χ1n) is 8.20. The number of carbonyl (C=O) groups excluding carboxylic acids is 3. The fraction of sp³-hybridized carbons (Fsp3) is 0.824. The summed E-state index contributed by atoms with van der Waals surface area (Å²) in [5.41, 5.74) is 0. The van der Waals surface area contributed by atoms with Gasteiger partial charge in [-0.2, -0.15) is 0 Å². The second kappa shape index (κ2) is 23.9. The van der Waals surface area contributed by atoms with Gasteiger partial charge >= 0.3 is 0 Å². The topological polar surface area (TPSA) is 63.2 Å². The summed E-state index contributed by atoms with van der Waals surface area (Å²) in [6, 6.07) is 0. The van der Waals surface area contributed by atoms with E-state index < -0.39 is 0 Å². The Balaban J connectivity index is -0.000000286. The van der Waals surface area contributed by atoms with Gasteiger partial charge < -0.3 is 14.9 Å². The molecule has 21 heavy (non-hydrogen) atoms. The maximum atomic E-state index is 10.5. The van der Waals surface area contributed by atoms with Gasteiger partial charge in [0.05, 0.1) is 0 Å². The molecule has 0 unspecified atom stereocenters. The number of unbranched alkanes of at least 4 members (excludes halogenated alkanes) is 4. The van der Waals surface area contributed by atoms with Gasteiger partial charge in [0.1, 0.15) is 11.6 Å². The van der Waals surface area contributed by atoms with Crippen LogP contribution in [0, 0.1) is 0 Å². The van der Waals surface area contributed by atoms with E-state index in [9.17, 15) is 14.4 Å². The van der Waals surface area contributed by atoms with Gasteiger partial charge in [0.25, 0.3) is 0 Å². The van der Waals surface area contributed by atoms with Gasteiger partial charge in [0.15, 0.2) is 0 Å². The molecule has 4 heteroatoms. The number of Topliss-reactive ketones (excluding diaryl/α,β-unsaturated/α-hetero) is 2. The standard InChI is InChI=1S/C8H15NO2.C7H14O.C2H6/c1-8(11)5-3-2-4-6-9-7-10;1-3-4-5-6-7(2)8;1-2/h7H,2-6H2,1H3,(H,9,10);3-6H2,1-2H3;1-2H3. The van der Waals surface area contributed by atoms with E-state index in [1.807, 2.05) is 13.8 Å². The summed E-state index contributed by atoms with van der Waals surface area (Å²) in [5.74, 6) is 0.562. The molecule has 0 bridgehead atoms. The number of amides is 1. The minimum absolute atomic E-state index is 0.244. The Hall–Kier alpha value is -1.19. The van der Waals surface area contributed by atoms with Crippen LogP contribution >= 0.6 is 0 Å². The summed E-state index contributed by atoms with van der Waals surface area (Å²) in [5, 5.41) is 2.57. The molecule has 0 spiro atoms. The minimum atomic E-state index is 0.244. The van der Waals surface area contributed by atoms with Gasteiger partial charge in [-0.3, -0.25) is 4.79 Å². The molecule has 0 radical (unpaired) electrons. The van der Waals surface area contributed by atoms with Crippen molar-refractivity contribution in [3.8, 4) is 0 Å². The van der Waals surface area contributed by atoms with Crippen molar-refractivity contribution in [2.75, 3.05) is 6.54 Å². The average Bonchev–Trinajstić information content (AvgIpc) is 2.45. The van der Waals surface area contributed by atoms with E-state index in [2.05, 4.69) is 12.2 Å². The highest BCUT2D eigenvalue weighted by atomic mass is 16.1. The summed E-state index contributed by atoms with van der Waals surface area (Å²) < 4.78 is 0. The zero-order valence-electron chi connectivity index (χ0n) is 14.7. The second-order valence-electron chi connectivity index (χ2n) is 4.74. The second-order valence-corrected chi connectivity index (χ2v) is 4.74. The largest absolute Gasteiger partial charge is 0.359 e. The quantitative estimate of drug-likeness (QED) is 0.462. The predicted octanol–water partition coefficient (Wildman–Crippen LogP) is 4.06. The highest BCUT2D eigenvalue weighted by Gasteiger charge is 1.92. The summed E-state index contributed by atoms with van der Waals surface area (Å²) in [6.45, 7) is 10.1. The van der Waals surface area contributed by atoms with E-state index >= 15 is 0 Å². The fourth-order valence-electron chi connectivity index (χ4n) is 1.46. The molecule has 0 aromatic rings. The smallest absolute Gasteiger partial charge is 0.207 e. The molecular weight excluding hydrogens is 266 g/mol. The Labute approximate surface area is 131 Å². The van der Waals surface area contributed by atoms with E-state index in [1.165, 1.54) is 12.8 Å². The van der Waals surface area contributed by atoms with E-state index in [0.717, 1.165) is 38.6 Å². The molecule has 0 rings (SSSR count). The van der Waals surface area contributed by atoms with Crippen LogP contribution in [-0.2, 0) is 14.4 Å². The maximum absolute atomic E-state index is 10.5. The van der Waals surface area contributed by atoms with Crippen LogP contribution in [0.15, 0.2) is 0 Å². The van der Waals surface area contributed by atoms with Gasteiger partial charge in [0.2, 0.25) is 6.41 Å². The van der Waals surface area contributed by atoms with Crippen LogP contribution in [0.1, 0.15) is 86.0 Å². The van der Waals surface area contributed by atoms with Crippen LogP contribution in [0.3, 0.4) is 0 Å². The molecule has 0 aromatic heterocycles. The van der Waals surface area contributed by atoms with Crippen molar-refractivity contribution in [2.45, 2.75) is 86.0 Å². The molecule has 1 amide bonds. The number of hydrogen-bond acceptors (Lipinski definition) is 3. The van der Waals surface area contributed by atoms with Crippen molar-refractivity contribution >= 4 is 18.0 Å². The first kappa shape index (κ1) is 24.8.